The molecule has 2 heterocycles. The minimum absolute atomic E-state index is 0.0173. The lowest BCUT2D eigenvalue weighted by Crippen LogP contribution is -2.01. The topological polar surface area (TPSA) is 73.6 Å². The first kappa shape index (κ1) is 13.5. The third-order valence-electron chi connectivity index (χ3n) is 3.70. The molecule has 0 bridgehead atoms. The SMILES string of the molecule is COc1c(C)cc2c(c1-c1cc(C(=O)O)nn1C)CCO2. The van der Waals surface area contributed by atoms with E-state index in [4.69, 9.17) is 14.6 Å². The highest BCUT2D eigenvalue weighted by molar-refractivity contribution is 5.88. The highest BCUT2D eigenvalue weighted by Gasteiger charge is 2.26. The van der Waals surface area contributed by atoms with E-state index in [0.29, 0.717) is 6.61 Å². The summed E-state index contributed by atoms with van der Waals surface area (Å²) in [6.07, 6.45) is 0.773. The van der Waals surface area contributed by atoms with E-state index in [1.54, 1.807) is 24.9 Å². The van der Waals surface area contributed by atoms with Crippen molar-refractivity contribution in [3.8, 4) is 22.8 Å². The van der Waals surface area contributed by atoms with Crippen LogP contribution in [-0.4, -0.2) is 34.6 Å². The summed E-state index contributed by atoms with van der Waals surface area (Å²) < 4.78 is 12.7. The number of aryl methyl sites for hydroxylation is 2. The first-order chi connectivity index (χ1) is 10.0. The van der Waals surface area contributed by atoms with Crippen LogP contribution in [0.4, 0.5) is 0 Å². The molecule has 0 spiro atoms. The zero-order valence-corrected chi connectivity index (χ0v) is 12.1. The van der Waals surface area contributed by atoms with Crippen LogP contribution in [0.2, 0.25) is 0 Å². The van der Waals surface area contributed by atoms with E-state index in [1.807, 2.05) is 13.0 Å². The standard InChI is InChI=1S/C15H16N2O4/c1-8-6-12-9(4-5-21-12)13(14(8)20-3)11-7-10(15(18)19)16-17(11)2/h6-7H,4-5H2,1-3H3,(H,18,19). The van der Waals surface area contributed by atoms with Crippen LogP contribution in [0.3, 0.4) is 0 Å². The fraction of sp³-hybridized carbons (Fsp3) is 0.333. The third kappa shape index (κ3) is 2.03. The van der Waals surface area contributed by atoms with Crippen LogP contribution in [0.25, 0.3) is 11.3 Å². The molecule has 2 aromatic rings. The highest BCUT2D eigenvalue weighted by Crippen LogP contribution is 2.43. The molecule has 0 saturated carbocycles. The predicted molar refractivity (Wildman–Crippen MR) is 76.1 cm³/mol. The van der Waals surface area contributed by atoms with Crippen molar-refractivity contribution in [3.63, 3.8) is 0 Å². The Balaban J connectivity index is 2.29. The second-order valence-electron chi connectivity index (χ2n) is 5.02. The van der Waals surface area contributed by atoms with Gasteiger partial charge in [0.2, 0.25) is 0 Å². The Kier molecular flexibility index (Phi) is 3.08. The molecule has 1 N–H and O–H groups in total. The van der Waals surface area contributed by atoms with Crippen molar-refractivity contribution in [2.45, 2.75) is 13.3 Å². The largest absolute Gasteiger partial charge is 0.496 e. The van der Waals surface area contributed by atoms with Crippen molar-refractivity contribution in [3.05, 3.63) is 29.0 Å². The molecule has 0 saturated heterocycles. The number of methoxy groups -OCH3 is 1. The van der Waals surface area contributed by atoms with Crippen molar-refractivity contribution in [2.24, 2.45) is 7.05 Å². The van der Waals surface area contributed by atoms with Crippen molar-refractivity contribution >= 4 is 5.97 Å². The summed E-state index contributed by atoms with van der Waals surface area (Å²) in [6.45, 7) is 2.57. The summed E-state index contributed by atoms with van der Waals surface area (Å²) in [4.78, 5) is 11.1. The lowest BCUT2D eigenvalue weighted by Gasteiger charge is -2.15. The van der Waals surface area contributed by atoms with Crippen LogP contribution in [0.5, 0.6) is 11.5 Å². The molecule has 110 valence electrons. The number of aromatic carboxylic acids is 1. The van der Waals surface area contributed by atoms with Crippen molar-refractivity contribution in [1.29, 1.82) is 0 Å². The van der Waals surface area contributed by atoms with Gasteiger partial charge in [-0.3, -0.25) is 4.68 Å². The number of carbonyl (C=O) groups is 1. The Labute approximate surface area is 121 Å². The second kappa shape index (κ2) is 4.80. The molecule has 0 radical (unpaired) electrons. The number of rotatable bonds is 3. The van der Waals surface area contributed by atoms with Crippen LogP contribution >= 0.6 is 0 Å². The van der Waals surface area contributed by atoms with Gasteiger partial charge in [-0.05, 0) is 24.6 Å². The maximum atomic E-state index is 11.1. The van der Waals surface area contributed by atoms with Gasteiger partial charge in [-0.25, -0.2) is 4.79 Å². The Bertz CT molecular complexity index is 730. The molecule has 3 rings (SSSR count). The molecular weight excluding hydrogens is 272 g/mol. The summed E-state index contributed by atoms with van der Waals surface area (Å²) in [7, 11) is 3.34. The maximum absolute atomic E-state index is 11.1. The Hall–Kier alpha value is -2.50. The first-order valence-corrected chi connectivity index (χ1v) is 6.64. The van der Waals surface area contributed by atoms with Crippen molar-refractivity contribution < 1.29 is 19.4 Å². The Morgan fingerprint density at radius 3 is 2.86 bits per heavy atom. The van der Waals surface area contributed by atoms with E-state index in [-0.39, 0.29) is 5.69 Å². The first-order valence-electron chi connectivity index (χ1n) is 6.64. The zero-order valence-electron chi connectivity index (χ0n) is 12.1. The Morgan fingerprint density at radius 1 is 1.48 bits per heavy atom. The van der Waals surface area contributed by atoms with Gasteiger partial charge in [0.05, 0.1) is 19.4 Å². The van der Waals surface area contributed by atoms with E-state index < -0.39 is 5.97 Å². The molecule has 6 heteroatoms. The van der Waals surface area contributed by atoms with Crippen molar-refractivity contribution in [1.82, 2.24) is 9.78 Å². The van der Waals surface area contributed by atoms with Crippen molar-refractivity contribution in [2.75, 3.05) is 13.7 Å². The number of fused-ring (bicyclic) bond motifs is 1. The smallest absolute Gasteiger partial charge is 0.356 e. The van der Waals surface area contributed by atoms with E-state index in [9.17, 15) is 4.79 Å². The second-order valence-corrected chi connectivity index (χ2v) is 5.02. The summed E-state index contributed by atoms with van der Waals surface area (Å²) in [5, 5.41) is 13.2. The van der Waals surface area contributed by atoms with Gasteiger partial charge in [-0.15, -0.1) is 0 Å². The molecular formula is C15H16N2O4. The van der Waals surface area contributed by atoms with Gasteiger partial charge >= 0.3 is 5.97 Å². The minimum Gasteiger partial charge on any atom is -0.496 e. The van der Waals surface area contributed by atoms with Crippen LogP contribution in [-0.2, 0) is 13.5 Å². The lowest BCUT2D eigenvalue weighted by molar-refractivity contribution is 0.0689. The van der Waals surface area contributed by atoms with Crippen LogP contribution in [0.1, 0.15) is 21.6 Å². The molecule has 0 amide bonds. The Morgan fingerprint density at radius 2 is 2.24 bits per heavy atom. The molecule has 1 aromatic heterocycles. The van der Waals surface area contributed by atoms with E-state index >= 15 is 0 Å². The summed E-state index contributed by atoms with van der Waals surface area (Å²) >= 11 is 0. The summed E-state index contributed by atoms with van der Waals surface area (Å²) in [5.41, 5.74) is 3.59. The summed E-state index contributed by atoms with van der Waals surface area (Å²) in [6, 6.07) is 3.53. The number of carboxylic acids is 1. The molecule has 0 atom stereocenters. The quantitative estimate of drug-likeness (QED) is 0.935. The van der Waals surface area contributed by atoms with Crippen LogP contribution in [0, 0.1) is 6.92 Å². The molecule has 0 fully saturated rings. The lowest BCUT2D eigenvalue weighted by atomic mass is 9.97. The van der Waals surface area contributed by atoms with Gasteiger partial charge in [0, 0.05) is 24.6 Å². The normalized spacial score (nSPS) is 12.9. The third-order valence-corrected chi connectivity index (χ3v) is 3.70. The molecule has 21 heavy (non-hydrogen) atoms. The van der Waals surface area contributed by atoms with E-state index in [1.165, 1.54) is 0 Å². The fourth-order valence-corrected chi connectivity index (χ4v) is 2.79. The van der Waals surface area contributed by atoms with Gasteiger partial charge in [0.15, 0.2) is 5.69 Å². The van der Waals surface area contributed by atoms with Crippen LogP contribution < -0.4 is 9.47 Å². The monoisotopic (exact) mass is 288 g/mol. The number of hydrogen-bond acceptors (Lipinski definition) is 4. The highest BCUT2D eigenvalue weighted by atomic mass is 16.5. The fourth-order valence-electron chi connectivity index (χ4n) is 2.79. The molecule has 0 aliphatic carbocycles. The van der Waals surface area contributed by atoms with E-state index in [2.05, 4.69) is 5.10 Å². The zero-order chi connectivity index (χ0) is 15.1. The molecule has 6 nitrogen and oxygen atoms in total. The average molecular weight is 288 g/mol. The molecule has 1 aliphatic rings. The molecule has 0 unspecified atom stereocenters. The number of nitrogens with zero attached hydrogens (tertiary/aromatic N) is 2. The minimum atomic E-state index is -1.05. The number of hydrogen-bond donors (Lipinski definition) is 1. The summed E-state index contributed by atoms with van der Waals surface area (Å²) in [5.74, 6) is 0.525. The number of benzene rings is 1. The number of carboxylic acid groups (broad SMARTS) is 1. The average Bonchev–Trinajstić information content (AvgIpc) is 3.03. The number of aromatic nitrogens is 2. The van der Waals surface area contributed by atoms with Gasteiger partial charge in [0.25, 0.3) is 0 Å². The predicted octanol–water partition coefficient (Wildman–Crippen LogP) is 2.04. The molecule has 1 aromatic carbocycles. The number of ether oxygens (including phenoxy) is 2. The van der Waals surface area contributed by atoms with Gasteiger partial charge < -0.3 is 14.6 Å². The molecule has 1 aliphatic heterocycles. The maximum Gasteiger partial charge on any atom is 0.356 e. The van der Waals surface area contributed by atoms with Gasteiger partial charge in [-0.2, -0.15) is 5.10 Å². The van der Waals surface area contributed by atoms with Gasteiger partial charge in [0.1, 0.15) is 11.5 Å². The van der Waals surface area contributed by atoms with Crippen LogP contribution in [0.15, 0.2) is 12.1 Å². The van der Waals surface area contributed by atoms with Gasteiger partial charge in [-0.1, -0.05) is 0 Å². The van der Waals surface area contributed by atoms with E-state index in [0.717, 1.165) is 40.3 Å².